The highest BCUT2D eigenvalue weighted by atomic mass is 32.2. The van der Waals surface area contributed by atoms with Crippen LogP contribution in [0.25, 0.3) is 27.8 Å². The van der Waals surface area contributed by atoms with Gasteiger partial charge < -0.3 is 5.32 Å². The average molecular weight is 904 g/mol. The van der Waals surface area contributed by atoms with Crippen LogP contribution < -0.4 is 5.32 Å². The Morgan fingerprint density at radius 1 is 0.672 bits per heavy atom. The monoisotopic (exact) mass is 904 g/mol. The first kappa shape index (κ1) is 52.2. The molecule has 5 aromatic rings. The summed E-state index contributed by atoms with van der Waals surface area (Å²) in [5.41, 5.74) is 29.9. The molecule has 348 valence electrons. The normalized spacial score (nSPS) is 18.2. The molecule has 0 amide bonds. The zero-order chi connectivity index (χ0) is 48.7. The van der Waals surface area contributed by atoms with Gasteiger partial charge in [0.15, 0.2) is 0 Å². The predicted octanol–water partition coefficient (Wildman–Crippen LogP) is 20.0. The Balaban J connectivity index is 0.000000652. The van der Waals surface area contributed by atoms with Gasteiger partial charge in [-0.3, -0.25) is 0 Å². The zero-order valence-electron chi connectivity index (χ0n) is 43.2. The van der Waals surface area contributed by atoms with E-state index in [4.69, 9.17) is 0 Å². The molecule has 0 radical (unpaired) electrons. The van der Waals surface area contributed by atoms with Gasteiger partial charge in [0, 0.05) is 27.6 Å². The Kier molecular flexibility index (Phi) is 19.4. The summed E-state index contributed by atoms with van der Waals surface area (Å²) in [5, 5.41) is 3.92. The Morgan fingerprint density at radius 3 is 2.09 bits per heavy atom. The van der Waals surface area contributed by atoms with Crippen molar-refractivity contribution in [2.45, 2.75) is 144 Å². The highest BCUT2D eigenvalue weighted by molar-refractivity contribution is 8.00. The van der Waals surface area contributed by atoms with Crippen molar-refractivity contribution in [3.63, 3.8) is 0 Å². The van der Waals surface area contributed by atoms with Crippen molar-refractivity contribution in [2.24, 2.45) is 0 Å². The minimum absolute atomic E-state index is 0.157. The maximum atomic E-state index is 3.73. The fourth-order valence-electron chi connectivity index (χ4n) is 10.3. The second-order valence-electron chi connectivity index (χ2n) is 15.7. The third-order valence-electron chi connectivity index (χ3n) is 12.9. The predicted molar refractivity (Wildman–Crippen MR) is 298 cm³/mol. The molecule has 11 rings (SSSR count). The standard InChI is InChI=1S/C53H41NS.6C2H6/c1-33-14-3-4-17-39(33)50-40(34(2)37-15-13-16-38(32-37)35-26-28-36(29-27-35)52-54-48-24-11-12-25-49(48)55-52)30-31-47-51(50)43-20-7-10-23-46(43)53(47)44-21-8-5-18-41(44)42-19-6-9-22-45(42)53;6*1-2/h3-5,9-18,22-32,34,52,54H,6,8,19,21H2,1-2H3;6*1-2H3. The largest absolute Gasteiger partial charge is 0.368 e. The van der Waals surface area contributed by atoms with Crippen molar-refractivity contribution in [3.05, 3.63) is 218 Å². The van der Waals surface area contributed by atoms with E-state index in [-0.39, 0.29) is 16.7 Å². The van der Waals surface area contributed by atoms with E-state index in [1.54, 1.807) is 11.1 Å². The summed E-state index contributed by atoms with van der Waals surface area (Å²) >= 11 is 1.89. The molecule has 2 heteroatoms. The first-order chi connectivity index (χ1) is 33.1. The fraction of sp³-hybridized carbons (Fsp3) is 0.323. The molecule has 5 aliphatic carbocycles. The molecule has 1 N–H and O–H groups in total. The lowest BCUT2D eigenvalue weighted by Crippen LogP contribution is -2.29. The average Bonchev–Trinajstić information content (AvgIpc) is 4.09. The molecule has 3 unspecified atom stereocenters. The second kappa shape index (κ2) is 24.9. The molecule has 1 nitrogen and oxygen atoms in total. The molecule has 5 aromatic carbocycles. The molecule has 0 fully saturated rings. The molecule has 1 aliphatic heterocycles. The van der Waals surface area contributed by atoms with Crippen LogP contribution in [0.1, 0.15) is 160 Å². The van der Waals surface area contributed by atoms with Gasteiger partial charge in [0.05, 0.1) is 5.41 Å². The Morgan fingerprint density at radius 2 is 1.36 bits per heavy atom. The lowest BCUT2D eigenvalue weighted by atomic mass is 9.66. The van der Waals surface area contributed by atoms with Crippen LogP contribution in [0.15, 0.2) is 190 Å². The van der Waals surface area contributed by atoms with Gasteiger partial charge in [-0.25, -0.2) is 0 Å². The van der Waals surface area contributed by atoms with E-state index in [0.717, 1.165) is 25.7 Å². The van der Waals surface area contributed by atoms with Crippen LogP contribution in [0.5, 0.6) is 0 Å². The highest BCUT2D eigenvalue weighted by Crippen LogP contribution is 2.67. The topological polar surface area (TPSA) is 12.0 Å². The molecule has 0 aromatic heterocycles. The number of aryl methyl sites for hydroxylation is 1. The minimum Gasteiger partial charge on any atom is -0.368 e. The van der Waals surface area contributed by atoms with Crippen molar-refractivity contribution < 1.29 is 0 Å². The van der Waals surface area contributed by atoms with Gasteiger partial charge in [0.2, 0.25) is 0 Å². The molecule has 67 heavy (non-hydrogen) atoms. The molecular formula is C65H77NS. The van der Waals surface area contributed by atoms with E-state index in [1.165, 1.54) is 88.5 Å². The smallest absolute Gasteiger partial charge is 0.103 e. The van der Waals surface area contributed by atoms with Crippen LogP contribution in [0, 0.1) is 6.92 Å². The minimum atomic E-state index is -0.288. The van der Waals surface area contributed by atoms with Crippen LogP contribution in [0.3, 0.4) is 0 Å². The van der Waals surface area contributed by atoms with Crippen LogP contribution in [-0.4, -0.2) is 0 Å². The lowest BCUT2D eigenvalue weighted by molar-refractivity contribution is 0.700. The van der Waals surface area contributed by atoms with Gasteiger partial charge in [-0.15, -0.1) is 0 Å². The Labute approximate surface area is 411 Å². The van der Waals surface area contributed by atoms with Crippen LogP contribution in [-0.2, 0) is 5.41 Å². The summed E-state index contributed by atoms with van der Waals surface area (Å²) in [6, 6.07) is 40.9. The quantitative estimate of drug-likeness (QED) is 0.176. The van der Waals surface area contributed by atoms with Crippen molar-refractivity contribution in [2.75, 3.05) is 5.32 Å². The number of anilines is 1. The lowest BCUT2D eigenvalue weighted by Gasteiger charge is -2.35. The van der Waals surface area contributed by atoms with E-state index in [1.807, 2.05) is 94.8 Å². The molecule has 3 atom stereocenters. The molecule has 1 spiro atoms. The van der Waals surface area contributed by atoms with Gasteiger partial charge in [-0.1, -0.05) is 235 Å². The number of benzene rings is 5. The molecular weight excluding hydrogens is 827 g/mol. The summed E-state index contributed by atoms with van der Waals surface area (Å²) in [6.45, 7) is 28.7. The van der Waals surface area contributed by atoms with Crippen molar-refractivity contribution in [3.8, 4) is 22.3 Å². The zero-order valence-corrected chi connectivity index (χ0v) is 44.1. The summed E-state index contributed by atoms with van der Waals surface area (Å²) in [7, 11) is 0. The van der Waals surface area contributed by atoms with Crippen molar-refractivity contribution >= 4 is 23.0 Å². The number of para-hydroxylation sites is 1. The number of allylic oxidation sites excluding steroid dienone is 12. The van der Waals surface area contributed by atoms with Gasteiger partial charge in [-0.2, -0.15) is 0 Å². The van der Waals surface area contributed by atoms with E-state index in [2.05, 4.69) is 176 Å². The van der Waals surface area contributed by atoms with Crippen LogP contribution >= 0.6 is 11.8 Å². The molecule has 1 heterocycles. The number of rotatable bonds is 5. The second-order valence-corrected chi connectivity index (χ2v) is 16.8. The molecule has 6 aliphatic rings. The summed E-state index contributed by atoms with van der Waals surface area (Å²) in [4.78, 5) is 1.31. The van der Waals surface area contributed by atoms with Crippen LogP contribution in [0.2, 0.25) is 0 Å². The number of fused-ring (bicyclic) bond motifs is 9. The first-order valence-corrected chi connectivity index (χ1v) is 26.7. The van der Waals surface area contributed by atoms with Gasteiger partial charge in [0.25, 0.3) is 0 Å². The SMILES string of the molecule is CC.CC.CC.CC.CC.CC.Cc1ccccc1-c1c(C(C)c2cccc(-c3ccc(C4Nc5ccccc5S4)cc3)c2)ccc2c1C1=C=C=CC=C1C21C2=C(CCC=C2)C2=C1CCC=C2. The summed E-state index contributed by atoms with van der Waals surface area (Å²) in [5.74, 6) is 0.157. The number of hydrogen-bond acceptors (Lipinski definition) is 2. The highest BCUT2D eigenvalue weighted by Gasteiger charge is 2.56. The van der Waals surface area contributed by atoms with Crippen LogP contribution in [0.4, 0.5) is 5.69 Å². The van der Waals surface area contributed by atoms with E-state index < -0.39 is 0 Å². The number of nitrogens with one attached hydrogen (secondary N) is 1. The molecule has 0 saturated carbocycles. The summed E-state index contributed by atoms with van der Waals surface area (Å²) in [6.07, 6.45) is 18.5. The Hall–Kier alpha value is -5.75. The third kappa shape index (κ3) is 9.56. The van der Waals surface area contributed by atoms with Crippen molar-refractivity contribution in [1.82, 2.24) is 0 Å². The number of hydrogen-bond donors (Lipinski definition) is 1. The van der Waals surface area contributed by atoms with Crippen molar-refractivity contribution in [1.29, 1.82) is 0 Å². The first-order valence-electron chi connectivity index (χ1n) is 25.8. The van der Waals surface area contributed by atoms with E-state index in [9.17, 15) is 0 Å². The Bertz CT molecular complexity index is 2730. The van der Waals surface area contributed by atoms with Gasteiger partial charge in [0.1, 0.15) is 5.37 Å². The maximum absolute atomic E-state index is 3.73. The van der Waals surface area contributed by atoms with Gasteiger partial charge in [-0.05, 0) is 135 Å². The molecule has 0 bridgehead atoms. The third-order valence-corrected chi connectivity index (χ3v) is 14.1. The van der Waals surface area contributed by atoms with E-state index >= 15 is 0 Å². The van der Waals surface area contributed by atoms with E-state index in [0.29, 0.717) is 0 Å². The number of thioether (sulfide) groups is 1. The summed E-state index contributed by atoms with van der Waals surface area (Å²) < 4.78 is 0. The fourth-order valence-corrected chi connectivity index (χ4v) is 11.4. The van der Waals surface area contributed by atoms with Gasteiger partial charge >= 0.3 is 0 Å². The molecule has 0 saturated heterocycles. The maximum Gasteiger partial charge on any atom is 0.103 e.